The zero-order chi connectivity index (χ0) is 15.7. The number of aromatic nitrogens is 2. The summed E-state index contributed by atoms with van der Waals surface area (Å²) in [6.45, 7) is 0. The van der Waals surface area contributed by atoms with Gasteiger partial charge in [-0.05, 0) is 6.07 Å². The number of H-pyrrole nitrogens is 1. The molecular formula is C15H12N4O3. The number of rotatable bonds is 2. The van der Waals surface area contributed by atoms with Gasteiger partial charge in [-0.3, -0.25) is 4.79 Å². The van der Waals surface area contributed by atoms with Crippen LogP contribution in [-0.4, -0.2) is 17.1 Å². The molecule has 2 aromatic rings. The molecule has 7 nitrogen and oxygen atoms in total. The number of hydrogen-bond donors (Lipinski definition) is 2. The maximum Gasteiger partial charge on any atom is 0.258 e. The van der Waals surface area contributed by atoms with Gasteiger partial charge in [0.15, 0.2) is 0 Å². The number of methoxy groups -OCH3 is 1. The Labute approximate surface area is 125 Å². The van der Waals surface area contributed by atoms with Crippen molar-refractivity contribution in [3.05, 3.63) is 63.5 Å². The summed E-state index contributed by atoms with van der Waals surface area (Å²) in [5.41, 5.74) is 6.46. The second-order valence-corrected chi connectivity index (χ2v) is 4.62. The molecular weight excluding hydrogens is 284 g/mol. The smallest absolute Gasteiger partial charge is 0.258 e. The molecule has 22 heavy (non-hydrogen) atoms. The first-order valence-corrected chi connectivity index (χ1v) is 6.45. The number of nitrogens with two attached hydrogens (primary N) is 1. The third-order valence-corrected chi connectivity index (χ3v) is 3.47. The van der Waals surface area contributed by atoms with E-state index in [1.54, 1.807) is 24.3 Å². The third kappa shape index (κ3) is 1.98. The van der Waals surface area contributed by atoms with E-state index in [1.807, 2.05) is 6.07 Å². The SMILES string of the molecule is COc1ccccc1C1C(C#N)=C(N)Oc2nc[nH]c(=O)c21. The Morgan fingerprint density at radius 3 is 2.95 bits per heavy atom. The number of fused-ring (bicyclic) bond motifs is 1. The topological polar surface area (TPSA) is 114 Å². The van der Waals surface area contributed by atoms with Crippen molar-refractivity contribution in [3.63, 3.8) is 0 Å². The Kier molecular flexibility index (Phi) is 3.27. The minimum absolute atomic E-state index is 0.0657. The summed E-state index contributed by atoms with van der Waals surface area (Å²) in [5.74, 6) is -0.119. The molecule has 7 heteroatoms. The minimum atomic E-state index is -0.692. The van der Waals surface area contributed by atoms with Gasteiger partial charge >= 0.3 is 0 Å². The molecule has 0 fully saturated rings. The van der Waals surface area contributed by atoms with Gasteiger partial charge in [0.25, 0.3) is 5.56 Å². The van der Waals surface area contributed by atoms with Crippen molar-refractivity contribution in [2.24, 2.45) is 5.73 Å². The Hall–Kier alpha value is -3.27. The number of allylic oxidation sites excluding steroid dienone is 1. The first-order valence-electron chi connectivity index (χ1n) is 6.45. The van der Waals surface area contributed by atoms with Crippen molar-refractivity contribution in [1.82, 2.24) is 9.97 Å². The molecule has 110 valence electrons. The van der Waals surface area contributed by atoms with Crippen molar-refractivity contribution in [2.75, 3.05) is 7.11 Å². The number of nitrogens with zero attached hydrogens (tertiary/aromatic N) is 2. The van der Waals surface area contributed by atoms with Crippen LogP contribution in [0.15, 0.2) is 46.8 Å². The summed E-state index contributed by atoms with van der Waals surface area (Å²) < 4.78 is 10.6. The lowest BCUT2D eigenvalue weighted by molar-refractivity contribution is 0.371. The van der Waals surface area contributed by atoms with Crippen LogP contribution in [0.2, 0.25) is 0 Å². The van der Waals surface area contributed by atoms with Crippen LogP contribution in [0.1, 0.15) is 17.0 Å². The molecule has 0 bridgehead atoms. The molecule has 2 heterocycles. The summed E-state index contributed by atoms with van der Waals surface area (Å²) in [4.78, 5) is 18.7. The number of aromatic amines is 1. The number of benzene rings is 1. The lowest BCUT2D eigenvalue weighted by Gasteiger charge is -2.25. The van der Waals surface area contributed by atoms with Gasteiger partial charge in [-0.1, -0.05) is 18.2 Å². The highest BCUT2D eigenvalue weighted by Crippen LogP contribution is 2.41. The van der Waals surface area contributed by atoms with Crippen LogP contribution >= 0.6 is 0 Å². The van der Waals surface area contributed by atoms with E-state index >= 15 is 0 Å². The van der Waals surface area contributed by atoms with Gasteiger partial charge in [0.1, 0.15) is 17.4 Å². The van der Waals surface area contributed by atoms with E-state index in [2.05, 4.69) is 9.97 Å². The van der Waals surface area contributed by atoms with Crippen LogP contribution in [0.4, 0.5) is 0 Å². The summed E-state index contributed by atoms with van der Waals surface area (Å²) >= 11 is 0. The molecule has 0 saturated carbocycles. The lowest BCUT2D eigenvalue weighted by Crippen LogP contribution is -2.28. The Bertz CT molecular complexity index is 864. The average Bonchev–Trinajstić information content (AvgIpc) is 2.53. The normalized spacial score (nSPS) is 16.5. The molecule has 0 amide bonds. The second kappa shape index (κ2) is 5.26. The van der Waals surface area contributed by atoms with E-state index in [4.69, 9.17) is 15.2 Å². The van der Waals surface area contributed by atoms with E-state index in [1.165, 1.54) is 13.4 Å². The van der Waals surface area contributed by atoms with Crippen molar-refractivity contribution < 1.29 is 9.47 Å². The van der Waals surface area contributed by atoms with Gasteiger partial charge in [0, 0.05) is 5.56 Å². The van der Waals surface area contributed by atoms with E-state index in [0.717, 1.165) is 0 Å². The summed E-state index contributed by atoms with van der Waals surface area (Å²) in [6, 6.07) is 9.13. The predicted octanol–water partition coefficient (Wildman–Crippen LogP) is 0.997. The molecule has 1 atom stereocenters. The zero-order valence-electron chi connectivity index (χ0n) is 11.7. The number of hydrogen-bond acceptors (Lipinski definition) is 6. The predicted molar refractivity (Wildman–Crippen MR) is 77.1 cm³/mol. The zero-order valence-corrected chi connectivity index (χ0v) is 11.7. The standard InChI is InChI=1S/C15H12N4O3/c1-21-10-5-3-2-4-8(10)11-9(6-16)13(17)22-15-12(11)14(20)18-7-19-15/h2-5,7,11H,17H2,1H3,(H,18,19,20). The van der Waals surface area contributed by atoms with Crippen molar-refractivity contribution in [3.8, 4) is 17.7 Å². The van der Waals surface area contributed by atoms with Crippen molar-refractivity contribution in [2.45, 2.75) is 5.92 Å². The summed E-state index contributed by atoms with van der Waals surface area (Å²) in [7, 11) is 1.52. The van der Waals surface area contributed by atoms with Crippen LogP contribution < -0.4 is 20.8 Å². The molecule has 1 aromatic heterocycles. The molecule has 1 unspecified atom stereocenters. The monoisotopic (exact) mass is 296 g/mol. The minimum Gasteiger partial charge on any atom is -0.496 e. The highest BCUT2D eigenvalue weighted by molar-refractivity contribution is 5.55. The maximum absolute atomic E-state index is 12.2. The molecule has 1 aliphatic rings. The van der Waals surface area contributed by atoms with E-state index in [0.29, 0.717) is 11.3 Å². The van der Waals surface area contributed by atoms with Gasteiger partial charge in [-0.25, -0.2) is 4.98 Å². The number of ether oxygens (including phenoxy) is 2. The summed E-state index contributed by atoms with van der Waals surface area (Å²) in [6.07, 6.45) is 1.23. The number of nitriles is 1. The maximum atomic E-state index is 12.2. The number of nitrogens with one attached hydrogen (secondary N) is 1. The average molecular weight is 296 g/mol. The van der Waals surface area contributed by atoms with Gasteiger partial charge in [-0.2, -0.15) is 5.26 Å². The molecule has 0 spiro atoms. The van der Waals surface area contributed by atoms with Crippen molar-refractivity contribution in [1.29, 1.82) is 5.26 Å². The molecule has 0 radical (unpaired) electrons. The molecule has 0 saturated heterocycles. The van der Waals surface area contributed by atoms with E-state index < -0.39 is 5.92 Å². The highest BCUT2D eigenvalue weighted by atomic mass is 16.5. The highest BCUT2D eigenvalue weighted by Gasteiger charge is 2.35. The molecule has 3 rings (SSSR count). The molecule has 1 aromatic carbocycles. The number of para-hydroxylation sites is 1. The van der Waals surface area contributed by atoms with Crippen LogP contribution in [-0.2, 0) is 0 Å². The molecule has 0 aliphatic carbocycles. The van der Waals surface area contributed by atoms with E-state index in [-0.39, 0.29) is 28.5 Å². The lowest BCUT2D eigenvalue weighted by atomic mass is 9.84. The molecule has 1 aliphatic heterocycles. The first kappa shape index (κ1) is 13.7. The van der Waals surface area contributed by atoms with Gasteiger partial charge in [-0.15, -0.1) is 0 Å². The van der Waals surface area contributed by atoms with Crippen LogP contribution in [0.5, 0.6) is 11.6 Å². The third-order valence-electron chi connectivity index (χ3n) is 3.47. The summed E-state index contributed by atoms with van der Waals surface area (Å²) in [5, 5.41) is 9.43. The van der Waals surface area contributed by atoms with Crippen LogP contribution in [0.3, 0.4) is 0 Å². The van der Waals surface area contributed by atoms with Gasteiger partial charge in [0.05, 0.1) is 24.9 Å². The Morgan fingerprint density at radius 2 is 2.23 bits per heavy atom. The fourth-order valence-corrected chi connectivity index (χ4v) is 2.51. The first-order chi connectivity index (χ1) is 10.7. The van der Waals surface area contributed by atoms with Crippen LogP contribution in [0.25, 0.3) is 0 Å². The van der Waals surface area contributed by atoms with Crippen LogP contribution in [0, 0.1) is 11.3 Å². The second-order valence-electron chi connectivity index (χ2n) is 4.62. The van der Waals surface area contributed by atoms with E-state index in [9.17, 15) is 10.1 Å². The van der Waals surface area contributed by atoms with Crippen molar-refractivity contribution >= 4 is 0 Å². The van der Waals surface area contributed by atoms with Gasteiger partial charge in [0.2, 0.25) is 11.8 Å². The fraction of sp³-hybridized carbons (Fsp3) is 0.133. The fourth-order valence-electron chi connectivity index (χ4n) is 2.51. The Morgan fingerprint density at radius 1 is 1.45 bits per heavy atom. The molecule has 3 N–H and O–H groups in total. The van der Waals surface area contributed by atoms with Gasteiger partial charge < -0.3 is 20.2 Å². The Balaban J connectivity index is 2.33. The quantitative estimate of drug-likeness (QED) is 0.854. The largest absolute Gasteiger partial charge is 0.496 e.